The second-order valence-corrected chi connectivity index (χ2v) is 5.74. The van der Waals surface area contributed by atoms with E-state index < -0.39 is 0 Å². The third-order valence-corrected chi connectivity index (χ3v) is 3.91. The summed E-state index contributed by atoms with van der Waals surface area (Å²) < 4.78 is 2.20. The van der Waals surface area contributed by atoms with E-state index in [2.05, 4.69) is 23.7 Å². The van der Waals surface area contributed by atoms with Crippen LogP contribution in [-0.4, -0.2) is 17.2 Å². The van der Waals surface area contributed by atoms with Crippen molar-refractivity contribution in [3.63, 3.8) is 0 Å². The molecule has 0 radical (unpaired) electrons. The Labute approximate surface area is 127 Å². The topological polar surface area (TPSA) is 34.0 Å². The molecule has 0 spiro atoms. The van der Waals surface area contributed by atoms with Gasteiger partial charge >= 0.3 is 0 Å². The summed E-state index contributed by atoms with van der Waals surface area (Å²) in [6.07, 6.45) is 6.67. The number of hydrogen-bond donors (Lipinski definition) is 1. The number of unbranched alkanes of at least 4 members (excludes halogenated alkanes) is 1. The number of aryl methyl sites for hydroxylation is 1. The number of rotatable bonds is 8. The first-order valence-corrected chi connectivity index (χ1v) is 8.04. The Morgan fingerprint density at radius 1 is 1.19 bits per heavy atom. The van der Waals surface area contributed by atoms with Gasteiger partial charge in [-0.05, 0) is 44.9 Å². The molecule has 0 saturated carbocycles. The molecule has 2 aromatic rings. The van der Waals surface area contributed by atoms with Gasteiger partial charge in [0.1, 0.15) is 0 Å². The maximum atomic E-state index is 11.8. The van der Waals surface area contributed by atoms with Gasteiger partial charge in [0.05, 0.1) is 5.52 Å². The number of para-hydroxylation sites is 1. The molecule has 1 atom stereocenters. The van der Waals surface area contributed by atoms with Gasteiger partial charge in [0.2, 0.25) is 0 Å². The highest BCUT2D eigenvalue weighted by Gasteiger charge is 2.03. The van der Waals surface area contributed by atoms with Gasteiger partial charge in [-0.3, -0.25) is 4.79 Å². The monoisotopic (exact) mass is 286 g/mol. The third-order valence-electron chi connectivity index (χ3n) is 3.91. The molecule has 0 fully saturated rings. The average molecular weight is 286 g/mol. The number of benzene rings is 1. The molecule has 114 valence electrons. The minimum absolute atomic E-state index is 0.110. The lowest BCUT2D eigenvalue weighted by atomic mass is 10.1. The minimum Gasteiger partial charge on any atom is -0.347 e. The van der Waals surface area contributed by atoms with E-state index in [0.717, 1.165) is 30.4 Å². The summed E-state index contributed by atoms with van der Waals surface area (Å²) in [7, 11) is 0. The molecule has 3 nitrogen and oxygen atoms in total. The van der Waals surface area contributed by atoms with Gasteiger partial charge in [-0.15, -0.1) is 0 Å². The van der Waals surface area contributed by atoms with Crippen LogP contribution in [0, 0.1) is 0 Å². The predicted molar refractivity (Wildman–Crippen MR) is 89.8 cm³/mol. The summed E-state index contributed by atoms with van der Waals surface area (Å²) >= 11 is 0. The Kier molecular flexibility index (Phi) is 6.00. The van der Waals surface area contributed by atoms with E-state index in [0.29, 0.717) is 6.04 Å². The van der Waals surface area contributed by atoms with Crippen LogP contribution in [0.2, 0.25) is 0 Å². The van der Waals surface area contributed by atoms with Gasteiger partial charge in [-0.2, -0.15) is 0 Å². The molecule has 2 rings (SSSR count). The first kappa shape index (κ1) is 15.8. The molecule has 0 aliphatic carbocycles. The number of aromatic nitrogens is 1. The standard InChI is InChI=1S/C18H26N2O/c1-3-12-19-15(2)8-6-7-13-20-14-11-18(21)16-9-4-5-10-17(16)20/h4-5,9-11,14-15,19H,3,6-8,12-13H2,1-2H3. The van der Waals surface area contributed by atoms with Crippen molar-refractivity contribution < 1.29 is 0 Å². The van der Waals surface area contributed by atoms with Crippen LogP contribution in [0.5, 0.6) is 0 Å². The summed E-state index contributed by atoms with van der Waals surface area (Å²) in [5.74, 6) is 0. The lowest BCUT2D eigenvalue weighted by molar-refractivity contribution is 0.477. The molecule has 1 N–H and O–H groups in total. The van der Waals surface area contributed by atoms with Crippen molar-refractivity contribution in [2.45, 2.75) is 52.1 Å². The zero-order valence-corrected chi connectivity index (χ0v) is 13.1. The van der Waals surface area contributed by atoms with Gasteiger partial charge < -0.3 is 9.88 Å². The van der Waals surface area contributed by atoms with Crippen molar-refractivity contribution in [2.24, 2.45) is 0 Å². The fraction of sp³-hybridized carbons (Fsp3) is 0.500. The molecule has 21 heavy (non-hydrogen) atoms. The Morgan fingerprint density at radius 2 is 2.00 bits per heavy atom. The summed E-state index contributed by atoms with van der Waals surface area (Å²) in [5.41, 5.74) is 1.15. The van der Waals surface area contributed by atoms with Crippen LogP contribution < -0.4 is 10.7 Å². The van der Waals surface area contributed by atoms with Crippen LogP contribution in [0.3, 0.4) is 0 Å². The molecule has 0 aliphatic heterocycles. The van der Waals surface area contributed by atoms with E-state index in [1.54, 1.807) is 6.07 Å². The van der Waals surface area contributed by atoms with Crippen LogP contribution in [0.1, 0.15) is 39.5 Å². The third kappa shape index (κ3) is 4.43. The van der Waals surface area contributed by atoms with Crippen molar-refractivity contribution >= 4 is 10.9 Å². The van der Waals surface area contributed by atoms with Gasteiger partial charge in [0.15, 0.2) is 5.43 Å². The van der Waals surface area contributed by atoms with Gasteiger partial charge in [-0.1, -0.05) is 25.5 Å². The Morgan fingerprint density at radius 3 is 2.81 bits per heavy atom. The Hall–Kier alpha value is -1.61. The van der Waals surface area contributed by atoms with Crippen molar-refractivity contribution in [1.82, 2.24) is 9.88 Å². The molecule has 1 aromatic heterocycles. The predicted octanol–water partition coefficient (Wildman–Crippen LogP) is 3.56. The highest BCUT2D eigenvalue weighted by atomic mass is 16.1. The quantitative estimate of drug-likeness (QED) is 0.753. The molecular formula is C18H26N2O. The molecule has 1 heterocycles. The summed E-state index contributed by atoms with van der Waals surface area (Å²) in [5, 5.41) is 4.34. The van der Waals surface area contributed by atoms with Crippen molar-refractivity contribution in [2.75, 3.05) is 6.54 Å². The van der Waals surface area contributed by atoms with E-state index in [4.69, 9.17) is 0 Å². The lowest BCUT2D eigenvalue weighted by Gasteiger charge is -2.14. The fourth-order valence-electron chi connectivity index (χ4n) is 2.68. The van der Waals surface area contributed by atoms with E-state index in [-0.39, 0.29) is 5.43 Å². The SMILES string of the molecule is CCCNC(C)CCCCn1ccc(=O)c2ccccc21. The van der Waals surface area contributed by atoms with E-state index in [1.165, 1.54) is 19.3 Å². The van der Waals surface area contributed by atoms with Crippen LogP contribution in [0.25, 0.3) is 10.9 Å². The van der Waals surface area contributed by atoms with Gasteiger partial charge in [0.25, 0.3) is 0 Å². The molecule has 0 aliphatic rings. The zero-order chi connectivity index (χ0) is 15.1. The Bertz CT molecular complexity index is 618. The first-order valence-electron chi connectivity index (χ1n) is 8.04. The summed E-state index contributed by atoms with van der Waals surface area (Å²) in [6, 6.07) is 10.1. The summed E-state index contributed by atoms with van der Waals surface area (Å²) in [6.45, 7) is 6.53. The van der Waals surface area contributed by atoms with Crippen LogP contribution >= 0.6 is 0 Å². The normalized spacial score (nSPS) is 12.7. The van der Waals surface area contributed by atoms with Crippen molar-refractivity contribution in [3.8, 4) is 0 Å². The van der Waals surface area contributed by atoms with Gasteiger partial charge in [0, 0.05) is 30.2 Å². The highest BCUT2D eigenvalue weighted by Crippen LogP contribution is 2.11. The minimum atomic E-state index is 0.110. The number of pyridine rings is 1. The van der Waals surface area contributed by atoms with Crippen LogP contribution in [0.15, 0.2) is 41.3 Å². The second kappa shape index (κ2) is 7.99. The second-order valence-electron chi connectivity index (χ2n) is 5.74. The van der Waals surface area contributed by atoms with E-state index >= 15 is 0 Å². The van der Waals surface area contributed by atoms with Crippen molar-refractivity contribution in [1.29, 1.82) is 0 Å². The molecule has 3 heteroatoms. The van der Waals surface area contributed by atoms with Crippen LogP contribution in [0.4, 0.5) is 0 Å². The van der Waals surface area contributed by atoms with Gasteiger partial charge in [-0.25, -0.2) is 0 Å². The fourth-order valence-corrected chi connectivity index (χ4v) is 2.68. The van der Waals surface area contributed by atoms with Crippen LogP contribution in [-0.2, 0) is 6.54 Å². The number of nitrogens with one attached hydrogen (secondary N) is 1. The molecule has 0 amide bonds. The molecule has 0 bridgehead atoms. The first-order chi connectivity index (χ1) is 10.2. The van der Waals surface area contributed by atoms with Crippen molar-refractivity contribution in [3.05, 3.63) is 46.8 Å². The molecule has 1 unspecified atom stereocenters. The number of fused-ring (bicyclic) bond motifs is 1. The summed E-state index contributed by atoms with van der Waals surface area (Å²) in [4.78, 5) is 11.8. The largest absolute Gasteiger partial charge is 0.347 e. The zero-order valence-electron chi connectivity index (χ0n) is 13.1. The highest BCUT2D eigenvalue weighted by molar-refractivity contribution is 5.78. The molecular weight excluding hydrogens is 260 g/mol. The smallest absolute Gasteiger partial charge is 0.189 e. The lowest BCUT2D eigenvalue weighted by Crippen LogP contribution is -2.26. The van der Waals surface area contributed by atoms with E-state index in [9.17, 15) is 4.79 Å². The maximum Gasteiger partial charge on any atom is 0.189 e. The molecule has 0 saturated heterocycles. The number of hydrogen-bond acceptors (Lipinski definition) is 2. The molecule has 1 aromatic carbocycles. The maximum absolute atomic E-state index is 11.8. The van der Waals surface area contributed by atoms with E-state index in [1.807, 2.05) is 30.5 Å². The average Bonchev–Trinajstić information content (AvgIpc) is 2.51. The number of nitrogens with zero attached hydrogens (tertiary/aromatic N) is 1. The Balaban J connectivity index is 1.90.